The number of carbonyl (C=O) groups is 1. The zero-order chi connectivity index (χ0) is 21.0. The summed E-state index contributed by atoms with van der Waals surface area (Å²) in [5.41, 5.74) is 0.725. The summed E-state index contributed by atoms with van der Waals surface area (Å²) in [7, 11) is 0. The minimum atomic E-state index is -0.268. The first-order valence-electron chi connectivity index (χ1n) is 10.1. The van der Waals surface area contributed by atoms with Gasteiger partial charge in [-0.2, -0.15) is 0 Å². The molecule has 164 valence electrons. The summed E-state index contributed by atoms with van der Waals surface area (Å²) in [6, 6.07) is 4.10. The van der Waals surface area contributed by atoms with Crippen molar-refractivity contribution >= 4 is 35.8 Å². The van der Waals surface area contributed by atoms with Crippen LogP contribution in [0, 0.1) is 0 Å². The fraction of sp³-hybridized carbons (Fsp3) is 0.524. The first kappa shape index (κ1) is 24.1. The third kappa shape index (κ3) is 5.30. The molecule has 0 atom stereocenters. The lowest BCUT2D eigenvalue weighted by Gasteiger charge is -2.49. The number of nitrogens with one attached hydrogen (secondary N) is 1. The smallest absolute Gasteiger partial charge is 0.242 e. The molecule has 0 radical (unpaired) electrons. The predicted octanol–water partition coefficient (Wildman–Crippen LogP) is 2.68. The molecule has 1 saturated heterocycles. The Bertz CT molecular complexity index is 864. The molecule has 3 rings (SSSR count). The van der Waals surface area contributed by atoms with Crippen LogP contribution in [0.2, 0.25) is 0 Å². The number of piperazine rings is 1. The van der Waals surface area contributed by atoms with Gasteiger partial charge in [-0.15, -0.1) is 24.0 Å². The van der Waals surface area contributed by atoms with Gasteiger partial charge in [-0.25, -0.2) is 15.0 Å². The van der Waals surface area contributed by atoms with E-state index < -0.39 is 0 Å². The molecule has 0 spiro atoms. The van der Waals surface area contributed by atoms with Crippen molar-refractivity contribution in [1.29, 1.82) is 0 Å². The molecule has 1 amide bonds. The van der Waals surface area contributed by atoms with Crippen LogP contribution in [-0.2, 0) is 11.3 Å². The largest absolute Gasteiger partial charge is 0.356 e. The van der Waals surface area contributed by atoms with E-state index in [9.17, 15) is 4.79 Å². The number of carbonyl (C=O) groups excluding carboxylic acids is 1. The van der Waals surface area contributed by atoms with Crippen LogP contribution in [0.3, 0.4) is 0 Å². The topological polar surface area (TPSA) is 78.6 Å². The maximum absolute atomic E-state index is 12.8. The zero-order valence-corrected chi connectivity index (χ0v) is 20.7. The molecule has 0 aromatic carbocycles. The van der Waals surface area contributed by atoms with Gasteiger partial charge in [0.15, 0.2) is 5.96 Å². The summed E-state index contributed by atoms with van der Waals surface area (Å²) in [6.07, 6.45) is 7.09. The second kappa shape index (κ2) is 10.2. The fourth-order valence-electron chi connectivity index (χ4n) is 4.07. The highest BCUT2D eigenvalue weighted by Crippen LogP contribution is 2.24. The zero-order valence-electron chi connectivity index (χ0n) is 18.4. The Morgan fingerprint density at radius 3 is 2.70 bits per heavy atom. The molecule has 0 saturated carbocycles. The second-order valence-corrected chi connectivity index (χ2v) is 8.15. The molecule has 1 aliphatic rings. The summed E-state index contributed by atoms with van der Waals surface area (Å²) in [6.45, 7) is 12.6. The average Bonchev–Trinajstić information content (AvgIpc) is 3.18. The van der Waals surface area contributed by atoms with Gasteiger partial charge >= 0.3 is 0 Å². The van der Waals surface area contributed by atoms with Gasteiger partial charge < -0.3 is 15.1 Å². The van der Waals surface area contributed by atoms with Crippen LogP contribution in [0.4, 0.5) is 0 Å². The molecular weight excluding hydrogens is 493 g/mol. The van der Waals surface area contributed by atoms with Gasteiger partial charge in [-0.1, -0.05) is 6.07 Å². The van der Waals surface area contributed by atoms with Gasteiger partial charge in [0.05, 0.1) is 18.6 Å². The van der Waals surface area contributed by atoms with E-state index in [1.165, 1.54) is 0 Å². The third-order valence-electron chi connectivity index (χ3n) is 4.99. The quantitative estimate of drug-likeness (QED) is 0.369. The van der Waals surface area contributed by atoms with Crippen LogP contribution in [0.1, 0.15) is 40.2 Å². The van der Waals surface area contributed by atoms with Crippen molar-refractivity contribution in [3.05, 3.63) is 42.6 Å². The number of hydrogen-bond donors (Lipinski definition) is 1. The minimum absolute atomic E-state index is 0. The van der Waals surface area contributed by atoms with Crippen molar-refractivity contribution < 1.29 is 4.79 Å². The van der Waals surface area contributed by atoms with E-state index in [0.29, 0.717) is 13.1 Å². The van der Waals surface area contributed by atoms with E-state index >= 15 is 0 Å². The van der Waals surface area contributed by atoms with Gasteiger partial charge in [0.2, 0.25) is 5.91 Å². The molecule has 8 nitrogen and oxygen atoms in total. The van der Waals surface area contributed by atoms with Crippen LogP contribution in [-0.4, -0.2) is 67.4 Å². The van der Waals surface area contributed by atoms with Crippen LogP contribution in [0.15, 0.2) is 42.0 Å². The Morgan fingerprint density at radius 2 is 2.10 bits per heavy atom. The highest BCUT2D eigenvalue weighted by molar-refractivity contribution is 14.0. The summed E-state index contributed by atoms with van der Waals surface area (Å²) in [5, 5.41) is 3.34. The fourth-order valence-corrected chi connectivity index (χ4v) is 4.07. The number of nitrogens with zero attached hydrogens (tertiary/aromatic N) is 6. The number of aliphatic imine (C=N–C) groups is 1. The normalized spacial score (nSPS) is 16.6. The van der Waals surface area contributed by atoms with Crippen molar-refractivity contribution in [1.82, 2.24) is 29.7 Å². The van der Waals surface area contributed by atoms with Crippen molar-refractivity contribution in [2.75, 3.05) is 19.6 Å². The van der Waals surface area contributed by atoms with Gasteiger partial charge in [-0.3, -0.25) is 9.36 Å². The Labute approximate surface area is 195 Å². The molecule has 1 N–H and O–H groups in total. The number of amides is 1. The van der Waals surface area contributed by atoms with Crippen LogP contribution >= 0.6 is 24.0 Å². The Kier molecular flexibility index (Phi) is 8.22. The first-order valence-corrected chi connectivity index (χ1v) is 10.1. The maximum Gasteiger partial charge on any atom is 0.242 e. The number of rotatable bonds is 5. The Hall–Kier alpha value is -2.17. The Balaban J connectivity index is 0.00000320. The SMILES string of the molecule is CCNC(=NCc1cccnc1-n1ccnc1)N1CC(=O)N(C(C)C)C(C)(C)C1.I. The highest BCUT2D eigenvalue weighted by Gasteiger charge is 2.40. The van der Waals surface area contributed by atoms with Crippen LogP contribution in [0.25, 0.3) is 5.82 Å². The van der Waals surface area contributed by atoms with Gasteiger partial charge in [-0.05, 0) is 40.7 Å². The molecule has 1 fully saturated rings. The number of pyridine rings is 1. The number of guanidine groups is 1. The lowest BCUT2D eigenvalue weighted by Crippen LogP contribution is -2.66. The summed E-state index contributed by atoms with van der Waals surface area (Å²) >= 11 is 0. The maximum atomic E-state index is 12.8. The molecule has 30 heavy (non-hydrogen) atoms. The monoisotopic (exact) mass is 525 g/mol. The van der Waals surface area contributed by atoms with Crippen molar-refractivity contribution in [3.63, 3.8) is 0 Å². The number of aromatic nitrogens is 3. The molecule has 9 heteroatoms. The summed E-state index contributed by atoms with van der Waals surface area (Å²) in [5.74, 6) is 1.69. The van der Waals surface area contributed by atoms with Crippen LogP contribution in [0.5, 0.6) is 0 Å². The summed E-state index contributed by atoms with van der Waals surface area (Å²) in [4.78, 5) is 30.3. The van der Waals surface area contributed by atoms with E-state index in [1.54, 1.807) is 18.7 Å². The lowest BCUT2D eigenvalue weighted by atomic mass is 9.96. The molecule has 0 aliphatic carbocycles. The van der Waals surface area contributed by atoms with Crippen molar-refractivity contribution in [2.45, 2.75) is 52.7 Å². The number of imidazole rings is 1. The van der Waals surface area contributed by atoms with Gasteiger partial charge in [0.25, 0.3) is 0 Å². The molecular formula is C21H32IN7O. The van der Waals surface area contributed by atoms with Crippen molar-refractivity contribution in [3.8, 4) is 5.82 Å². The van der Waals surface area contributed by atoms with Crippen LogP contribution < -0.4 is 5.32 Å². The van der Waals surface area contributed by atoms with Gasteiger partial charge in [0.1, 0.15) is 12.1 Å². The van der Waals surface area contributed by atoms with E-state index in [0.717, 1.165) is 30.4 Å². The molecule has 2 aromatic heterocycles. The Morgan fingerprint density at radius 1 is 1.33 bits per heavy atom. The number of halogens is 1. The molecule has 2 aromatic rings. The lowest BCUT2D eigenvalue weighted by molar-refractivity contribution is -0.145. The number of hydrogen-bond acceptors (Lipinski definition) is 4. The molecule has 1 aliphatic heterocycles. The second-order valence-electron chi connectivity index (χ2n) is 8.15. The molecule has 3 heterocycles. The first-order chi connectivity index (χ1) is 13.8. The average molecular weight is 525 g/mol. The minimum Gasteiger partial charge on any atom is -0.356 e. The van der Waals surface area contributed by atoms with E-state index in [-0.39, 0.29) is 41.5 Å². The summed E-state index contributed by atoms with van der Waals surface area (Å²) < 4.78 is 1.88. The van der Waals surface area contributed by atoms with Crippen molar-refractivity contribution in [2.24, 2.45) is 4.99 Å². The highest BCUT2D eigenvalue weighted by atomic mass is 127. The van der Waals surface area contributed by atoms with E-state index in [2.05, 4.69) is 47.9 Å². The molecule has 0 unspecified atom stereocenters. The third-order valence-corrected chi connectivity index (χ3v) is 4.99. The van der Waals surface area contributed by atoms with E-state index in [4.69, 9.17) is 4.99 Å². The molecule has 0 bridgehead atoms. The standard InChI is InChI=1S/C21H31N7O.HI/c1-6-23-20(27-13-18(29)28(16(2)3)21(4,5)14-27)25-12-17-8-7-9-24-19(17)26-11-10-22-15-26;/h7-11,15-16H,6,12-14H2,1-5H3,(H,23,25);1H. The predicted molar refractivity (Wildman–Crippen MR) is 129 cm³/mol. The van der Waals surface area contributed by atoms with E-state index in [1.807, 2.05) is 34.7 Å². The van der Waals surface area contributed by atoms with Gasteiger partial charge in [0, 0.05) is 43.3 Å².